The lowest BCUT2D eigenvalue weighted by Crippen LogP contribution is -2.46. The van der Waals surface area contributed by atoms with E-state index in [1.807, 2.05) is 0 Å². The number of nitrogens with one attached hydrogen (secondary N) is 1. The molecular formula is C14H21N3O3. The predicted octanol–water partition coefficient (Wildman–Crippen LogP) is 0.393. The van der Waals surface area contributed by atoms with Gasteiger partial charge < -0.3 is 9.88 Å². The van der Waals surface area contributed by atoms with Gasteiger partial charge in [-0.05, 0) is 18.8 Å². The minimum atomic E-state index is -0.547. The molecule has 2 unspecified atom stereocenters. The summed E-state index contributed by atoms with van der Waals surface area (Å²) >= 11 is 0. The third-order valence-electron chi connectivity index (χ3n) is 4.12. The van der Waals surface area contributed by atoms with Crippen molar-refractivity contribution in [3.63, 3.8) is 0 Å². The molecule has 110 valence electrons. The first-order chi connectivity index (χ1) is 9.41. The number of hydrogen-bond acceptors (Lipinski definition) is 3. The summed E-state index contributed by atoms with van der Waals surface area (Å²) in [4.78, 5) is 35.9. The Kier molecular flexibility index (Phi) is 4.11. The topological polar surface area (TPSA) is 73.1 Å². The highest BCUT2D eigenvalue weighted by atomic mass is 16.2. The SMILES string of the molecule is CC1CCCCC1NC(=O)c1cn(C)c(=O)n(C)c1=O. The summed E-state index contributed by atoms with van der Waals surface area (Å²) in [5, 5.41) is 2.93. The molecule has 1 amide bonds. The molecule has 1 saturated carbocycles. The zero-order chi connectivity index (χ0) is 14.9. The number of rotatable bonds is 2. The standard InChI is InChI=1S/C14H21N3O3/c1-9-6-4-5-7-11(9)15-12(18)10-8-16(2)14(20)17(3)13(10)19/h8-9,11H,4-7H2,1-3H3,(H,15,18). The van der Waals surface area contributed by atoms with Gasteiger partial charge in [0.2, 0.25) is 0 Å². The summed E-state index contributed by atoms with van der Waals surface area (Å²) in [5.74, 6) is 0.0315. The molecule has 0 saturated heterocycles. The van der Waals surface area contributed by atoms with Crippen molar-refractivity contribution in [2.75, 3.05) is 0 Å². The second-order valence-corrected chi connectivity index (χ2v) is 5.64. The van der Waals surface area contributed by atoms with Crippen LogP contribution < -0.4 is 16.6 Å². The van der Waals surface area contributed by atoms with Crippen molar-refractivity contribution in [3.05, 3.63) is 32.6 Å². The third-order valence-corrected chi connectivity index (χ3v) is 4.12. The Morgan fingerprint density at radius 2 is 1.90 bits per heavy atom. The number of aromatic nitrogens is 2. The minimum Gasteiger partial charge on any atom is -0.349 e. The first kappa shape index (κ1) is 14.6. The van der Waals surface area contributed by atoms with Gasteiger partial charge >= 0.3 is 5.69 Å². The molecule has 2 rings (SSSR count). The number of nitrogens with zero attached hydrogens (tertiary/aromatic N) is 2. The van der Waals surface area contributed by atoms with Crippen molar-refractivity contribution in [1.82, 2.24) is 14.5 Å². The number of carbonyl (C=O) groups is 1. The van der Waals surface area contributed by atoms with Crippen molar-refractivity contribution in [2.24, 2.45) is 20.0 Å². The van der Waals surface area contributed by atoms with Gasteiger partial charge in [0.1, 0.15) is 5.56 Å². The summed E-state index contributed by atoms with van der Waals surface area (Å²) < 4.78 is 2.21. The summed E-state index contributed by atoms with van der Waals surface area (Å²) in [5.41, 5.74) is -0.959. The van der Waals surface area contributed by atoms with Crippen molar-refractivity contribution in [3.8, 4) is 0 Å². The van der Waals surface area contributed by atoms with E-state index in [2.05, 4.69) is 12.2 Å². The first-order valence-corrected chi connectivity index (χ1v) is 6.99. The Hall–Kier alpha value is -1.85. The van der Waals surface area contributed by atoms with Gasteiger partial charge in [-0.3, -0.25) is 14.2 Å². The molecule has 1 aliphatic rings. The lowest BCUT2D eigenvalue weighted by atomic mass is 9.86. The van der Waals surface area contributed by atoms with Gasteiger partial charge in [0, 0.05) is 26.3 Å². The summed E-state index contributed by atoms with van der Waals surface area (Å²) in [7, 11) is 2.91. The van der Waals surface area contributed by atoms with E-state index in [1.165, 1.54) is 31.3 Å². The molecule has 1 aromatic heterocycles. The lowest BCUT2D eigenvalue weighted by Gasteiger charge is -2.29. The molecular weight excluding hydrogens is 258 g/mol. The van der Waals surface area contributed by atoms with Gasteiger partial charge in [0.25, 0.3) is 11.5 Å². The van der Waals surface area contributed by atoms with Crippen LogP contribution in [0.1, 0.15) is 43.0 Å². The van der Waals surface area contributed by atoms with Crippen LogP contribution in [-0.4, -0.2) is 21.1 Å². The van der Waals surface area contributed by atoms with Gasteiger partial charge in [-0.1, -0.05) is 19.8 Å². The maximum absolute atomic E-state index is 12.3. The fourth-order valence-electron chi connectivity index (χ4n) is 2.74. The molecule has 2 atom stereocenters. The highest BCUT2D eigenvalue weighted by molar-refractivity contribution is 5.93. The molecule has 0 aliphatic heterocycles. The zero-order valence-electron chi connectivity index (χ0n) is 12.2. The molecule has 6 nitrogen and oxygen atoms in total. The molecule has 0 bridgehead atoms. The number of amides is 1. The van der Waals surface area contributed by atoms with Crippen LogP contribution in [0.4, 0.5) is 0 Å². The average Bonchev–Trinajstić information content (AvgIpc) is 2.43. The van der Waals surface area contributed by atoms with Crippen LogP contribution in [0, 0.1) is 5.92 Å². The van der Waals surface area contributed by atoms with Crippen LogP contribution in [0.25, 0.3) is 0 Å². The molecule has 1 heterocycles. The zero-order valence-corrected chi connectivity index (χ0v) is 12.2. The minimum absolute atomic E-state index is 0.0207. The number of carbonyl (C=O) groups excluding carboxylic acids is 1. The Balaban J connectivity index is 2.26. The van der Waals surface area contributed by atoms with Crippen LogP contribution >= 0.6 is 0 Å². The van der Waals surface area contributed by atoms with E-state index in [1.54, 1.807) is 0 Å². The molecule has 6 heteroatoms. The monoisotopic (exact) mass is 279 g/mol. The number of hydrogen-bond donors (Lipinski definition) is 1. The van der Waals surface area contributed by atoms with Crippen LogP contribution in [0.15, 0.2) is 15.8 Å². The van der Waals surface area contributed by atoms with E-state index < -0.39 is 11.2 Å². The molecule has 1 N–H and O–H groups in total. The Bertz CT molecular complexity index is 630. The second-order valence-electron chi connectivity index (χ2n) is 5.64. The maximum atomic E-state index is 12.3. The maximum Gasteiger partial charge on any atom is 0.330 e. The second kappa shape index (κ2) is 5.64. The van der Waals surface area contributed by atoms with Crippen LogP contribution in [0.5, 0.6) is 0 Å². The van der Waals surface area contributed by atoms with Crippen molar-refractivity contribution >= 4 is 5.91 Å². The summed E-state index contributed by atoms with van der Waals surface area (Å²) in [6, 6.07) is 0.109. The van der Waals surface area contributed by atoms with E-state index in [-0.39, 0.29) is 17.5 Å². The average molecular weight is 279 g/mol. The number of aryl methyl sites for hydroxylation is 1. The Morgan fingerprint density at radius 3 is 2.55 bits per heavy atom. The Labute approximate surface area is 117 Å². The molecule has 0 spiro atoms. The normalized spacial score (nSPS) is 22.6. The highest BCUT2D eigenvalue weighted by Gasteiger charge is 2.24. The van der Waals surface area contributed by atoms with Crippen molar-refractivity contribution in [2.45, 2.75) is 38.6 Å². The van der Waals surface area contributed by atoms with E-state index in [0.717, 1.165) is 23.8 Å². The largest absolute Gasteiger partial charge is 0.349 e. The van der Waals surface area contributed by atoms with Crippen molar-refractivity contribution < 1.29 is 4.79 Å². The van der Waals surface area contributed by atoms with Crippen LogP contribution in [0.3, 0.4) is 0 Å². The molecule has 1 fully saturated rings. The predicted molar refractivity (Wildman–Crippen MR) is 75.8 cm³/mol. The highest BCUT2D eigenvalue weighted by Crippen LogP contribution is 2.23. The fourth-order valence-corrected chi connectivity index (χ4v) is 2.74. The van der Waals surface area contributed by atoms with E-state index in [9.17, 15) is 14.4 Å². The van der Waals surface area contributed by atoms with Gasteiger partial charge in [-0.25, -0.2) is 4.79 Å². The fraction of sp³-hybridized carbons (Fsp3) is 0.643. The van der Waals surface area contributed by atoms with Crippen LogP contribution in [-0.2, 0) is 14.1 Å². The van der Waals surface area contributed by atoms with E-state index in [4.69, 9.17) is 0 Å². The molecule has 1 aliphatic carbocycles. The van der Waals surface area contributed by atoms with E-state index >= 15 is 0 Å². The molecule has 20 heavy (non-hydrogen) atoms. The smallest absolute Gasteiger partial charge is 0.330 e. The Morgan fingerprint density at radius 1 is 1.25 bits per heavy atom. The quantitative estimate of drug-likeness (QED) is 0.851. The van der Waals surface area contributed by atoms with Gasteiger partial charge in [-0.2, -0.15) is 0 Å². The van der Waals surface area contributed by atoms with Gasteiger partial charge in [-0.15, -0.1) is 0 Å². The van der Waals surface area contributed by atoms with Gasteiger partial charge in [0.15, 0.2) is 0 Å². The van der Waals surface area contributed by atoms with E-state index in [0.29, 0.717) is 5.92 Å². The lowest BCUT2D eigenvalue weighted by molar-refractivity contribution is 0.0907. The molecule has 1 aromatic rings. The van der Waals surface area contributed by atoms with Crippen molar-refractivity contribution in [1.29, 1.82) is 0 Å². The summed E-state index contributed by atoms with van der Waals surface area (Å²) in [6.07, 6.45) is 5.64. The third kappa shape index (κ3) is 2.69. The van der Waals surface area contributed by atoms with Crippen LogP contribution in [0.2, 0.25) is 0 Å². The molecule has 0 aromatic carbocycles. The first-order valence-electron chi connectivity index (χ1n) is 6.99. The van der Waals surface area contributed by atoms with Gasteiger partial charge in [0.05, 0.1) is 0 Å². The summed E-state index contributed by atoms with van der Waals surface area (Å²) in [6.45, 7) is 2.11. The molecule has 0 radical (unpaired) electrons.